The molecule has 6 heteroatoms. The predicted molar refractivity (Wildman–Crippen MR) is 66.0 cm³/mol. The molecule has 6 nitrogen and oxygen atoms in total. The van der Waals surface area contributed by atoms with Crippen LogP contribution in [-0.4, -0.2) is 33.9 Å². The molecule has 1 unspecified atom stereocenters. The van der Waals surface area contributed by atoms with Crippen LogP contribution >= 0.6 is 0 Å². The SMILES string of the molecule is NC(CCC[C@H](N)C(=O)O)C(=O)c1cccnc1. The molecule has 0 aromatic carbocycles. The van der Waals surface area contributed by atoms with Crippen LogP contribution in [0, 0.1) is 0 Å². The lowest BCUT2D eigenvalue weighted by Gasteiger charge is -2.11. The Bertz CT molecular complexity index is 408. The number of aromatic nitrogens is 1. The van der Waals surface area contributed by atoms with Gasteiger partial charge in [0.25, 0.3) is 0 Å². The van der Waals surface area contributed by atoms with Crippen molar-refractivity contribution in [1.82, 2.24) is 4.98 Å². The minimum Gasteiger partial charge on any atom is -0.480 e. The van der Waals surface area contributed by atoms with E-state index in [1.54, 1.807) is 18.3 Å². The van der Waals surface area contributed by atoms with Crippen molar-refractivity contribution in [1.29, 1.82) is 0 Å². The number of pyridine rings is 1. The second-order valence-electron chi connectivity index (χ2n) is 4.09. The van der Waals surface area contributed by atoms with Gasteiger partial charge in [-0.15, -0.1) is 0 Å². The van der Waals surface area contributed by atoms with E-state index in [9.17, 15) is 9.59 Å². The maximum atomic E-state index is 11.8. The fourth-order valence-corrected chi connectivity index (χ4v) is 1.53. The van der Waals surface area contributed by atoms with Crippen molar-refractivity contribution in [3.05, 3.63) is 30.1 Å². The fourth-order valence-electron chi connectivity index (χ4n) is 1.53. The third kappa shape index (κ3) is 4.23. The minimum absolute atomic E-state index is 0.188. The molecule has 0 amide bonds. The summed E-state index contributed by atoms with van der Waals surface area (Å²) >= 11 is 0. The van der Waals surface area contributed by atoms with Crippen molar-refractivity contribution in [2.75, 3.05) is 0 Å². The maximum Gasteiger partial charge on any atom is 0.320 e. The van der Waals surface area contributed by atoms with Crippen molar-refractivity contribution in [3.8, 4) is 0 Å². The van der Waals surface area contributed by atoms with Crippen LogP contribution in [0.1, 0.15) is 29.6 Å². The summed E-state index contributed by atoms with van der Waals surface area (Å²) in [6.45, 7) is 0. The predicted octanol–water partition coefficient (Wildman–Crippen LogP) is 0.174. The Morgan fingerprint density at radius 2 is 1.94 bits per heavy atom. The van der Waals surface area contributed by atoms with Crippen molar-refractivity contribution in [2.45, 2.75) is 31.3 Å². The Hall–Kier alpha value is -1.79. The highest BCUT2D eigenvalue weighted by atomic mass is 16.4. The fraction of sp³-hybridized carbons (Fsp3) is 0.417. The number of carboxylic acid groups (broad SMARTS) is 1. The number of nitrogens with two attached hydrogens (primary N) is 2. The number of aliphatic carboxylic acids is 1. The average Bonchev–Trinajstić information content (AvgIpc) is 2.38. The van der Waals surface area contributed by atoms with Gasteiger partial charge in [-0.05, 0) is 31.4 Å². The van der Waals surface area contributed by atoms with Crippen molar-refractivity contribution < 1.29 is 14.7 Å². The highest BCUT2D eigenvalue weighted by molar-refractivity contribution is 5.99. The second-order valence-corrected chi connectivity index (χ2v) is 4.09. The Morgan fingerprint density at radius 1 is 1.28 bits per heavy atom. The van der Waals surface area contributed by atoms with E-state index in [0.29, 0.717) is 24.8 Å². The van der Waals surface area contributed by atoms with Crippen LogP contribution in [0.4, 0.5) is 0 Å². The molecule has 0 saturated heterocycles. The summed E-state index contributed by atoms with van der Waals surface area (Å²) in [5, 5.41) is 8.60. The van der Waals surface area contributed by atoms with Crippen molar-refractivity contribution in [3.63, 3.8) is 0 Å². The van der Waals surface area contributed by atoms with Crippen LogP contribution in [0.2, 0.25) is 0 Å². The van der Waals surface area contributed by atoms with Gasteiger partial charge in [0.15, 0.2) is 5.78 Å². The summed E-state index contributed by atoms with van der Waals surface area (Å²) in [5.74, 6) is -1.23. The number of hydrogen-bond donors (Lipinski definition) is 3. The van der Waals surface area contributed by atoms with Crippen LogP contribution in [-0.2, 0) is 4.79 Å². The van der Waals surface area contributed by atoms with Gasteiger partial charge in [-0.1, -0.05) is 0 Å². The number of nitrogens with zero attached hydrogens (tertiary/aromatic N) is 1. The number of ketones is 1. The first kappa shape index (κ1) is 14.3. The van der Waals surface area contributed by atoms with Gasteiger partial charge in [0.05, 0.1) is 6.04 Å². The third-order valence-corrected chi connectivity index (χ3v) is 2.63. The van der Waals surface area contributed by atoms with Gasteiger partial charge in [-0.3, -0.25) is 14.6 Å². The molecule has 0 aliphatic heterocycles. The molecule has 2 atom stereocenters. The number of carbonyl (C=O) groups excluding carboxylic acids is 1. The number of carbonyl (C=O) groups is 2. The average molecular weight is 251 g/mol. The van der Waals surface area contributed by atoms with Gasteiger partial charge >= 0.3 is 5.97 Å². The zero-order valence-electron chi connectivity index (χ0n) is 9.95. The van der Waals surface area contributed by atoms with E-state index < -0.39 is 18.1 Å². The topological polar surface area (TPSA) is 119 Å². The first-order valence-corrected chi connectivity index (χ1v) is 5.70. The standard InChI is InChI=1S/C12H17N3O3/c13-9(4-1-5-10(14)12(17)18)11(16)8-3-2-6-15-7-8/h2-3,6-7,9-10H,1,4-5,13-14H2,(H,17,18)/t9?,10-/m0/s1. The van der Waals surface area contributed by atoms with E-state index in [-0.39, 0.29) is 5.78 Å². The van der Waals surface area contributed by atoms with Gasteiger partial charge in [-0.2, -0.15) is 0 Å². The highest BCUT2D eigenvalue weighted by Crippen LogP contribution is 2.07. The molecule has 0 saturated carbocycles. The maximum absolute atomic E-state index is 11.8. The molecule has 0 bridgehead atoms. The third-order valence-electron chi connectivity index (χ3n) is 2.63. The monoisotopic (exact) mass is 251 g/mol. The molecule has 5 N–H and O–H groups in total. The van der Waals surface area contributed by atoms with Gasteiger partial charge in [0, 0.05) is 18.0 Å². The lowest BCUT2D eigenvalue weighted by atomic mass is 10.00. The lowest BCUT2D eigenvalue weighted by Crippen LogP contribution is -2.33. The van der Waals surface area contributed by atoms with Crippen molar-refractivity contribution in [2.24, 2.45) is 11.5 Å². The molecule has 18 heavy (non-hydrogen) atoms. The number of hydrogen-bond acceptors (Lipinski definition) is 5. The van der Waals surface area contributed by atoms with E-state index >= 15 is 0 Å². The van der Waals surface area contributed by atoms with E-state index in [1.807, 2.05) is 0 Å². The Morgan fingerprint density at radius 3 is 2.50 bits per heavy atom. The largest absolute Gasteiger partial charge is 0.480 e. The van der Waals surface area contributed by atoms with E-state index in [1.165, 1.54) is 6.20 Å². The molecule has 0 fully saturated rings. The molecule has 1 rings (SSSR count). The molecule has 0 aliphatic carbocycles. The lowest BCUT2D eigenvalue weighted by molar-refractivity contribution is -0.138. The molecule has 1 aromatic rings. The zero-order valence-corrected chi connectivity index (χ0v) is 9.95. The molecule has 0 spiro atoms. The van der Waals surface area contributed by atoms with Gasteiger partial charge in [0.2, 0.25) is 0 Å². The normalized spacial score (nSPS) is 13.9. The minimum atomic E-state index is -1.04. The van der Waals surface area contributed by atoms with Crippen LogP contribution in [0.15, 0.2) is 24.5 Å². The molecular weight excluding hydrogens is 234 g/mol. The van der Waals surface area contributed by atoms with E-state index in [2.05, 4.69) is 4.98 Å². The molecule has 0 aliphatic rings. The molecule has 98 valence electrons. The molecular formula is C12H17N3O3. The van der Waals surface area contributed by atoms with E-state index in [4.69, 9.17) is 16.6 Å². The van der Waals surface area contributed by atoms with Crippen LogP contribution in [0.5, 0.6) is 0 Å². The summed E-state index contributed by atoms with van der Waals surface area (Å²) < 4.78 is 0. The summed E-state index contributed by atoms with van der Waals surface area (Å²) in [6, 6.07) is 1.78. The van der Waals surface area contributed by atoms with Gasteiger partial charge < -0.3 is 16.6 Å². The van der Waals surface area contributed by atoms with Crippen molar-refractivity contribution >= 4 is 11.8 Å². The van der Waals surface area contributed by atoms with Crippen LogP contribution < -0.4 is 11.5 Å². The first-order chi connectivity index (χ1) is 8.52. The molecule has 0 radical (unpaired) electrons. The van der Waals surface area contributed by atoms with E-state index in [0.717, 1.165) is 0 Å². The van der Waals surface area contributed by atoms with Gasteiger partial charge in [0.1, 0.15) is 6.04 Å². The first-order valence-electron chi connectivity index (χ1n) is 5.70. The summed E-state index contributed by atoms with van der Waals surface area (Å²) in [4.78, 5) is 26.2. The van der Waals surface area contributed by atoms with Crippen LogP contribution in [0.3, 0.4) is 0 Å². The smallest absolute Gasteiger partial charge is 0.320 e. The summed E-state index contributed by atoms with van der Waals surface area (Å²) in [5.41, 5.74) is 11.6. The zero-order chi connectivity index (χ0) is 13.5. The number of Topliss-reactive ketones (excluding diaryl/α,β-unsaturated/α-hetero) is 1. The summed E-state index contributed by atoms with van der Waals surface area (Å²) in [6.07, 6.45) is 4.26. The van der Waals surface area contributed by atoms with Crippen LogP contribution in [0.25, 0.3) is 0 Å². The number of rotatable bonds is 7. The molecule has 1 aromatic heterocycles. The molecule has 1 heterocycles. The Kier molecular flexibility index (Phi) is 5.41. The Labute approximate surface area is 105 Å². The quantitative estimate of drug-likeness (QED) is 0.594. The number of carboxylic acids is 1. The Balaban J connectivity index is 2.40. The highest BCUT2D eigenvalue weighted by Gasteiger charge is 2.17. The second kappa shape index (κ2) is 6.83. The van der Waals surface area contributed by atoms with Gasteiger partial charge in [-0.25, -0.2) is 0 Å². The summed E-state index contributed by atoms with van der Waals surface area (Å²) in [7, 11) is 0.